The summed E-state index contributed by atoms with van der Waals surface area (Å²) in [6.45, 7) is 73.3. The van der Waals surface area contributed by atoms with Crippen LogP contribution in [0.4, 0.5) is 0 Å². The summed E-state index contributed by atoms with van der Waals surface area (Å²) in [5.41, 5.74) is 2.39. The molecule has 0 bridgehead atoms. The highest BCUT2D eigenvalue weighted by Gasteiger charge is 2.59. The summed E-state index contributed by atoms with van der Waals surface area (Å²) in [7, 11) is 0. The van der Waals surface area contributed by atoms with Crippen LogP contribution in [0.25, 0.3) is 0 Å². The lowest BCUT2D eigenvalue weighted by Gasteiger charge is -2.33. The van der Waals surface area contributed by atoms with E-state index in [0.717, 1.165) is 117 Å². The van der Waals surface area contributed by atoms with Gasteiger partial charge in [-0.15, -0.1) is 0 Å². The molecular weight excluding hydrogens is 1070 g/mol. The molecule has 10 aliphatic carbocycles. The smallest absolute Gasteiger partial charge is 0.0268 e. The summed E-state index contributed by atoms with van der Waals surface area (Å²) in [6, 6.07) is 0. The van der Waals surface area contributed by atoms with Crippen LogP contribution in [0.1, 0.15) is 453 Å². The van der Waals surface area contributed by atoms with Crippen molar-refractivity contribution in [2.24, 2.45) is 123 Å². The normalized spacial score (nSPS) is 28.1. The average Bonchev–Trinajstić information content (AvgIpc) is 1.65. The molecular formula is C89H186. The van der Waals surface area contributed by atoms with Crippen LogP contribution in [-0.4, -0.2) is 0 Å². The minimum absolute atomic E-state index is 0.708. The molecule has 0 saturated heterocycles. The second-order valence-corrected chi connectivity index (χ2v) is 36.3. The first-order valence-electron chi connectivity index (χ1n) is 41.6. The van der Waals surface area contributed by atoms with Gasteiger partial charge in [0.05, 0.1) is 0 Å². The number of hydrogen-bond donors (Lipinski definition) is 0. The molecule has 0 heteroatoms. The molecule has 0 radical (unpaired) electrons. The lowest BCUT2D eigenvalue weighted by molar-refractivity contribution is 0.190. The second-order valence-electron chi connectivity index (χ2n) is 36.3. The SMILES string of the molecule is CC(C)CC(C)C.CC1(C)CCC1.CC1C(C)C1C.CC1CC(C)C1.CC1CC1(C)C.CC1CCCC1.CC1CC[C@H]1C.CCC1CC1C.CCC1CCC1.CCCCC(C)C.CCCCC(C)C.CCCCCCC.CCC[C@H](C)CC.C[C@H]1CC12CC2. The third-order valence-corrected chi connectivity index (χ3v) is 23.4. The third kappa shape index (κ3) is 62.6. The lowest BCUT2D eigenvalue weighted by Crippen LogP contribution is -2.20. The molecule has 0 aromatic heterocycles. The Morgan fingerprint density at radius 1 is 0.360 bits per heavy atom. The van der Waals surface area contributed by atoms with E-state index in [1.54, 1.807) is 19.3 Å². The summed E-state index contributed by atoms with van der Waals surface area (Å²) in [5, 5.41) is 0. The zero-order valence-electron chi connectivity index (χ0n) is 69.3. The molecule has 1 spiro atoms. The van der Waals surface area contributed by atoms with Crippen molar-refractivity contribution in [1.82, 2.24) is 0 Å². The zero-order valence-corrected chi connectivity index (χ0v) is 69.3. The molecule has 0 N–H and O–H groups in total. The quantitative estimate of drug-likeness (QED) is 0.127. The van der Waals surface area contributed by atoms with Crippen LogP contribution in [0, 0.1) is 123 Å². The van der Waals surface area contributed by atoms with Crippen molar-refractivity contribution in [3.63, 3.8) is 0 Å². The lowest BCUT2D eigenvalue weighted by atomic mass is 9.72. The topological polar surface area (TPSA) is 0 Å². The Morgan fingerprint density at radius 2 is 0.730 bits per heavy atom. The van der Waals surface area contributed by atoms with Crippen molar-refractivity contribution in [3.05, 3.63) is 0 Å². The molecule has 89 heavy (non-hydrogen) atoms. The first-order valence-corrected chi connectivity index (χ1v) is 41.6. The molecule has 0 aromatic rings. The highest BCUT2D eigenvalue weighted by molar-refractivity contribution is 5.10. The first kappa shape index (κ1) is 95.4. The first-order chi connectivity index (χ1) is 41.6. The fraction of sp³-hybridized carbons (Fsp3) is 1.00. The van der Waals surface area contributed by atoms with Gasteiger partial charge in [0.25, 0.3) is 0 Å². The molecule has 0 aliphatic heterocycles. The highest BCUT2D eigenvalue weighted by atomic mass is 14.6. The Kier molecular flexibility index (Phi) is 61.2. The Morgan fingerprint density at radius 3 is 0.787 bits per heavy atom. The van der Waals surface area contributed by atoms with E-state index in [4.69, 9.17) is 0 Å². The monoisotopic (exact) mass is 1260 g/mol. The van der Waals surface area contributed by atoms with Gasteiger partial charge in [0.15, 0.2) is 0 Å². The van der Waals surface area contributed by atoms with E-state index in [1.807, 2.05) is 0 Å². The van der Waals surface area contributed by atoms with Gasteiger partial charge in [-0.25, -0.2) is 0 Å². The number of rotatable bonds is 17. The van der Waals surface area contributed by atoms with Crippen LogP contribution in [0.15, 0.2) is 0 Å². The molecule has 0 heterocycles. The van der Waals surface area contributed by atoms with Crippen molar-refractivity contribution in [1.29, 1.82) is 0 Å². The molecule has 0 amide bonds. The van der Waals surface area contributed by atoms with Crippen LogP contribution in [-0.2, 0) is 0 Å². The van der Waals surface area contributed by atoms with Gasteiger partial charge in [0.2, 0.25) is 0 Å². The largest absolute Gasteiger partial charge is 0.0654 e. The van der Waals surface area contributed by atoms with Gasteiger partial charge in [-0.1, -0.05) is 389 Å². The average molecular weight is 1260 g/mol. The van der Waals surface area contributed by atoms with E-state index in [2.05, 4.69) is 222 Å². The van der Waals surface area contributed by atoms with Crippen molar-refractivity contribution in [3.8, 4) is 0 Å². The van der Waals surface area contributed by atoms with Crippen molar-refractivity contribution in [2.45, 2.75) is 453 Å². The standard InChI is InChI=1S/5C7H16.C6H10.8C6H12/c1-6(2)5-7(3)4;2*1-4-5-6-7(2)3;1-4-6-7(3)5-2;1-3-5-7-6-4-2;1-5-4-6(5)2-3-6;1-5-4-6(5,2)3;1-5-3-6(2)4-5;1-6(2)4-3-5-6;1-5-3-4-6(5)2;1-4-5(2)6(4)3;1-6-4-2-3-5-6;1-3-6-4-5(6)2;1-2-6-4-3-5-6/h6-7H,5H2,1-4H3;3*7H,4-6H2,1-3H3;3-7H2,1-2H3;5H,2-4H2,1H3;5H,4H2,1-3H3;5-6H,3-4H2,1-2H3;3-5H2,1-2H3;5-6H,3-4H2,1-2H3;4-6H,1-3H3;6H,2-5H2,1H3;5-6H,3-4H2,1-2H3;6H,2-5H2,1H3/t;;;7-;;5-;;;;5-,6?;;;;/m...1.0...1..../s1. The van der Waals surface area contributed by atoms with Crippen molar-refractivity contribution < 1.29 is 0 Å². The Labute approximate surface area is 572 Å². The van der Waals surface area contributed by atoms with Crippen molar-refractivity contribution in [2.75, 3.05) is 0 Å². The van der Waals surface area contributed by atoms with Crippen LogP contribution in [0.3, 0.4) is 0 Å². The third-order valence-electron chi connectivity index (χ3n) is 23.4. The van der Waals surface area contributed by atoms with Crippen molar-refractivity contribution >= 4 is 0 Å². The maximum Gasteiger partial charge on any atom is -0.0268 e. The van der Waals surface area contributed by atoms with Crippen LogP contribution in [0.2, 0.25) is 0 Å². The van der Waals surface area contributed by atoms with Gasteiger partial charge in [-0.2, -0.15) is 0 Å². The van der Waals surface area contributed by atoms with Gasteiger partial charge in [0, 0.05) is 0 Å². The van der Waals surface area contributed by atoms with Gasteiger partial charge in [-0.3, -0.25) is 0 Å². The fourth-order valence-corrected chi connectivity index (χ4v) is 12.6. The van der Waals surface area contributed by atoms with Gasteiger partial charge in [0.1, 0.15) is 0 Å². The van der Waals surface area contributed by atoms with E-state index < -0.39 is 0 Å². The molecule has 10 saturated carbocycles. The zero-order chi connectivity index (χ0) is 69.3. The molecule has 10 aliphatic rings. The predicted molar refractivity (Wildman–Crippen MR) is 418 cm³/mol. The minimum Gasteiger partial charge on any atom is -0.0654 e. The van der Waals surface area contributed by atoms with Gasteiger partial charge >= 0.3 is 0 Å². The Hall–Kier alpha value is 0. The number of hydrogen-bond acceptors (Lipinski definition) is 0. The molecule has 7 atom stereocenters. The van der Waals surface area contributed by atoms with Crippen LogP contribution in [0.5, 0.6) is 0 Å². The maximum atomic E-state index is 2.37. The van der Waals surface area contributed by atoms with E-state index in [1.165, 1.54) is 212 Å². The highest BCUT2D eigenvalue weighted by Crippen LogP contribution is 2.70. The molecule has 0 nitrogen and oxygen atoms in total. The van der Waals surface area contributed by atoms with E-state index in [0.29, 0.717) is 5.41 Å². The minimum atomic E-state index is 0.708. The molecule has 542 valence electrons. The maximum absolute atomic E-state index is 2.37. The Bertz CT molecular complexity index is 1320. The van der Waals surface area contributed by atoms with Gasteiger partial charge < -0.3 is 0 Å². The van der Waals surface area contributed by atoms with E-state index >= 15 is 0 Å². The molecule has 4 unspecified atom stereocenters. The van der Waals surface area contributed by atoms with Gasteiger partial charge in [-0.05, 0) is 187 Å². The van der Waals surface area contributed by atoms with E-state index in [9.17, 15) is 0 Å². The Balaban J connectivity index is -0.000000437. The second kappa shape index (κ2) is 57.1. The van der Waals surface area contributed by atoms with Crippen LogP contribution < -0.4 is 0 Å². The summed E-state index contributed by atoms with van der Waals surface area (Å²) >= 11 is 0. The summed E-state index contributed by atoms with van der Waals surface area (Å²) < 4.78 is 0. The predicted octanol–water partition coefficient (Wildman–Crippen LogP) is 32.7. The number of unbranched alkanes of at least 4 members (excludes halogenated alkanes) is 6. The van der Waals surface area contributed by atoms with Crippen LogP contribution >= 0.6 is 0 Å². The summed E-state index contributed by atoms with van der Waals surface area (Å²) in [4.78, 5) is 0. The molecule has 10 fully saturated rings. The molecule has 0 aromatic carbocycles. The van der Waals surface area contributed by atoms with E-state index in [-0.39, 0.29) is 0 Å². The summed E-state index contributed by atoms with van der Waals surface area (Å²) in [5.74, 6) is 18.1. The summed E-state index contributed by atoms with van der Waals surface area (Å²) in [6.07, 6.45) is 51.9. The molecule has 10 rings (SSSR count). The fourth-order valence-electron chi connectivity index (χ4n) is 12.6.